The average Bonchev–Trinajstić information content (AvgIpc) is 3.37. The van der Waals surface area contributed by atoms with Crippen molar-refractivity contribution in [3.05, 3.63) is 30.4 Å². The maximum Gasteiger partial charge on any atom is 0.255 e. The molecule has 0 aromatic carbocycles. The average molecular weight is 457 g/mol. The van der Waals surface area contributed by atoms with Gasteiger partial charge in [-0.05, 0) is 25.7 Å². The summed E-state index contributed by atoms with van der Waals surface area (Å²) in [6.45, 7) is 2.70. The standard InChI is InChI=1S/C22H25F2N7O2/c1-2-31-12-14(9-27-31)16-11-26-19-18(28-16)15(10-25-19)20(32)29-17(13-3-4-13)21(33)30-7-5-22(23,24)6-8-30/h9-13,17H,2-8H2,1H3,(H,25,26)(H,29,32). The number of likely N-dealkylation sites (tertiary alicyclic amines) is 1. The van der Waals surface area contributed by atoms with E-state index in [-0.39, 0.29) is 43.3 Å². The summed E-state index contributed by atoms with van der Waals surface area (Å²) in [4.78, 5) is 39.6. The maximum atomic E-state index is 13.5. The van der Waals surface area contributed by atoms with Gasteiger partial charge in [-0.25, -0.2) is 18.7 Å². The molecule has 4 heterocycles. The van der Waals surface area contributed by atoms with Crippen LogP contribution in [0.25, 0.3) is 22.4 Å². The molecule has 5 rings (SSSR count). The summed E-state index contributed by atoms with van der Waals surface area (Å²) in [5, 5.41) is 7.09. The van der Waals surface area contributed by atoms with Crippen molar-refractivity contribution in [1.82, 2.24) is 34.9 Å². The highest BCUT2D eigenvalue weighted by atomic mass is 19.3. The molecule has 1 aliphatic carbocycles. The molecule has 1 unspecified atom stereocenters. The zero-order chi connectivity index (χ0) is 23.2. The zero-order valence-electron chi connectivity index (χ0n) is 18.2. The van der Waals surface area contributed by atoms with Crippen molar-refractivity contribution < 1.29 is 18.4 Å². The largest absolute Gasteiger partial charge is 0.344 e. The molecule has 2 fully saturated rings. The van der Waals surface area contributed by atoms with Gasteiger partial charge in [0, 0.05) is 50.4 Å². The lowest BCUT2D eigenvalue weighted by Crippen LogP contribution is -2.53. The number of alkyl halides is 2. The van der Waals surface area contributed by atoms with Crippen LogP contribution in [0.4, 0.5) is 8.78 Å². The van der Waals surface area contributed by atoms with E-state index >= 15 is 0 Å². The van der Waals surface area contributed by atoms with Crippen molar-refractivity contribution in [2.24, 2.45) is 5.92 Å². The quantitative estimate of drug-likeness (QED) is 0.592. The third-order valence-corrected chi connectivity index (χ3v) is 6.33. The molecular weight excluding hydrogens is 432 g/mol. The van der Waals surface area contributed by atoms with E-state index in [1.54, 1.807) is 17.1 Å². The van der Waals surface area contributed by atoms with E-state index in [2.05, 4.69) is 25.4 Å². The topological polar surface area (TPSA) is 109 Å². The molecule has 0 radical (unpaired) electrons. The molecule has 2 amide bonds. The van der Waals surface area contributed by atoms with E-state index in [4.69, 9.17) is 0 Å². The first-order valence-electron chi connectivity index (χ1n) is 11.2. The molecule has 3 aromatic rings. The summed E-state index contributed by atoms with van der Waals surface area (Å²) in [6.07, 6.45) is 7.62. The van der Waals surface area contributed by atoms with Gasteiger partial charge in [-0.15, -0.1) is 0 Å². The highest BCUT2D eigenvalue weighted by Crippen LogP contribution is 2.35. The van der Waals surface area contributed by atoms with Crippen molar-refractivity contribution in [2.75, 3.05) is 13.1 Å². The summed E-state index contributed by atoms with van der Waals surface area (Å²) in [6, 6.07) is -0.729. The van der Waals surface area contributed by atoms with E-state index in [0.717, 1.165) is 24.9 Å². The summed E-state index contributed by atoms with van der Waals surface area (Å²) in [5.74, 6) is -3.44. The molecule has 33 heavy (non-hydrogen) atoms. The van der Waals surface area contributed by atoms with Gasteiger partial charge in [0.2, 0.25) is 5.91 Å². The van der Waals surface area contributed by atoms with Crippen molar-refractivity contribution in [2.45, 2.75) is 51.1 Å². The lowest BCUT2D eigenvalue weighted by Gasteiger charge is -2.34. The number of aromatic amines is 1. The predicted molar refractivity (Wildman–Crippen MR) is 116 cm³/mol. The second-order valence-corrected chi connectivity index (χ2v) is 8.71. The minimum absolute atomic E-state index is 0.00170. The fourth-order valence-corrected chi connectivity index (χ4v) is 4.15. The summed E-state index contributed by atoms with van der Waals surface area (Å²) >= 11 is 0. The number of hydrogen-bond acceptors (Lipinski definition) is 5. The van der Waals surface area contributed by atoms with Crippen LogP contribution < -0.4 is 5.32 Å². The van der Waals surface area contributed by atoms with Crippen molar-refractivity contribution in [1.29, 1.82) is 0 Å². The molecular formula is C22H25F2N7O2. The third kappa shape index (κ3) is 4.31. The number of piperidine rings is 1. The third-order valence-electron chi connectivity index (χ3n) is 6.33. The molecule has 1 saturated carbocycles. The number of aromatic nitrogens is 5. The van der Waals surface area contributed by atoms with Gasteiger partial charge < -0.3 is 15.2 Å². The van der Waals surface area contributed by atoms with E-state index in [0.29, 0.717) is 16.9 Å². The fraction of sp³-hybridized carbons (Fsp3) is 0.500. The molecule has 1 atom stereocenters. The number of carbonyl (C=O) groups excluding carboxylic acids is 2. The van der Waals surface area contributed by atoms with Gasteiger partial charge in [-0.2, -0.15) is 5.10 Å². The number of rotatable bonds is 6. The van der Waals surface area contributed by atoms with Gasteiger partial charge in [-0.1, -0.05) is 0 Å². The highest BCUT2D eigenvalue weighted by Gasteiger charge is 2.42. The summed E-state index contributed by atoms with van der Waals surface area (Å²) in [7, 11) is 0. The minimum Gasteiger partial charge on any atom is -0.344 e. The summed E-state index contributed by atoms with van der Waals surface area (Å²) < 4.78 is 28.8. The van der Waals surface area contributed by atoms with Crippen molar-refractivity contribution >= 4 is 23.0 Å². The molecule has 0 spiro atoms. The highest BCUT2D eigenvalue weighted by molar-refractivity contribution is 6.06. The van der Waals surface area contributed by atoms with E-state index < -0.39 is 17.9 Å². The van der Waals surface area contributed by atoms with Gasteiger partial charge in [0.25, 0.3) is 11.8 Å². The van der Waals surface area contributed by atoms with E-state index in [9.17, 15) is 18.4 Å². The normalized spacial score (nSPS) is 18.9. The van der Waals surface area contributed by atoms with Crippen LogP contribution in [0.1, 0.15) is 43.0 Å². The van der Waals surface area contributed by atoms with E-state index in [1.165, 1.54) is 11.1 Å². The maximum absolute atomic E-state index is 13.5. The van der Waals surface area contributed by atoms with Crippen LogP contribution in [-0.4, -0.2) is 66.5 Å². The van der Waals surface area contributed by atoms with Crippen LogP contribution in [0.5, 0.6) is 0 Å². The summed E-state index contributed by atoms with van der Waals surface area (Å²) in [5.41, 5.74) is 2.51. The SMILES string of the molecule is CCn1cc(-c2cnc3[nH]cc(C(=O)NC(C(=O)N4CCC(F)(F)CC4)C4CC4)c3n2)cn1. The van der Waals surface area contributed by atoms with Gasteiger partial charge in [0.15, 0.2) is 5.65 Å². The Labute approximate surface area is 188 Å². The molecule has 9 nitrogen and oxygen atoms in total. The lowest BCUT2D eigenvalue weighted by atomic mass is 10.0. The molecule has 2 N–H and O–H groups in total. The monoisotopic (exact) mass is 457 g/mol. The molecule has 174 valence electrons. The Hall–Kier alpha value is -3.37. The van der Waals surface area contributed by atoms with Crippen LogP contribution >= 0.6 is 0 Å². The number of nitrogens with one attached hydrogen (secondary N) is 2. The Morgan fingerprint density at radius 1 is 1.27 bits per heavy atom. The Morgan fingerprint density at radius 2 is 2.03 bits per heavy atom. The van der Waals surface area contributed by atoms with Gasteiger partial charge in [-0.3, -0.25) is 14.3 Å². The van der Waals surface area contributed by atoms with Gasteiger partial charge >= 0.3 is 0 Å². The molecule has 11 heteroatoms. The number of hydrogen-bond donors (Lipinski definition) is 2. The number of fused-ring (bicyclic) bond motifs is 1. The first-order chi connectivity index (χ1) is 15.8. The molecule has 1 aliphatic heterocycles. The van der Waals surface area contributed by atoms with Crippen LogP contribution in [0.2, 0.25) is 0 Å². The van der Waals surface area contributed by atoms with Crippen molar-refractivity contribution in [3.8, 4) is 11.3 Å². The zero-order valence-corrected chi connectivity index (χ0v) is 18.2. The predicted octanol–water partition coefficient (Wildman–Crippen LogP) is 2.61. The smallest absolute Gasteiger partial charge is 0.255 e. The van der Waals surface area contributed by atoms with Gasteiger partial charge in [0.05, 0.1) is 23.7 Å². The number of halogens is 2. The Morgan fingerprint density at radius 3 is 2.70 bits per heavy atom. The van der Waals surface area contributed by atoms with Gasteiger partial charge in [0.1, 0.15) is 11.6 Å². The number of H-pyrrole nitrogens is 1. The van der Waals surface area contributed by atoms with Crippen LogP contribution in [0, 0.1) is 5.92 Å². The minimum atomic E-state index is -2.73. The molecule has 2 aliphatic rings. The first kappa shape index (κ1) is 21.5. The van der Waals surface area contributed by atoms with Crippen molar-refractivity contribution in [3.63, 3.8) is 0 Å². The fourth-order valence-electron chi connectivity index (χ4n) is 4.15. The lowest BCUT2D eigenvalue weighted by molar-refractivity contribution is -0.139. The Balaban J connectivity index is 1.36. The van der Waals surface area contributed by atoms with E-state index in [1.807, 2.05) is 13.1 Å². The first-order valence-corrected chi connectivity index (χ1v) is 11.2. The Bertz CT molecular complexity index is 1190. The second kappa shape index (κ2) is 8.20. The number of carbonyl (C=O) groups is 2. The van der Waals surface area contributed by atoms with Crippen LogP contribution in [0.3, 0.4) is 0 Å². The molecule has 1 saturated heterocycles. The number of amides is 2. The number of aryl methyl sites for hydroxylation is 1. The Kier molecular flexibility index (Phi) is 5.34. The molecule has 0 bridgehead atoms. The second-order valence-electron chi connectivity index (χ2n) is 8.71. The molecule has 3 aromatic heterocycles. The van der Waals surface area contributed by atoms with Crippen LogP contribution in [-0.2, 0) is 11.3 Å². The van der Waals surface area contributed by atoms with Crippen LogP contribution in [0.15, 0.2) is 24.8 Å². The number of nitrogens with zero attached hydrogens (tertiary/aromatic N) is 5.